The van der Waals surface area contributed by atoms with Crippen molar-refractivity contribution >= 4 is 11.8 Å². The van der Waals surface area contributed by atoms with Gasteiger partial charge in [-0.25, -0.2) is 0 Å². The van der Waals surface area contributed by atoms with E-state index >= 15 is 0 Å². The number of likely N-dealkylation sites (N-methyl/N-ethyl adjacent to an activating group) is 1. The molecular formula is C15H23N3O2. The van der Waals surface area contributed by atoms with Crippen molar-refractivity contribution < 1.29 is 9.59 Å². The second-order valence-corrected chi connectivity index (χ2v) is 5.16. The van der Waals surface area contributed by atoms with Crippen LogP contribution in [0.15, 0.2) is 30.3 Å². The smallest absolute Gasteiger partial charge is 0.239 e. The van der Waals surface area contributed by atoms with E-state index in [-0.39, 0.29) is 30.9 Å². The van der Waals surface area contributed by atoms with Gasteiger partial charge in [0.05, 0.1) is 13.1 Å². The Kier molecular flexibility index (Phi) is 6.73. The summed E-state index contributed by atoms with van der Waals surface area (Å²) in [4.78, 5) is 25.0. The molecule has 1 aromatic rings. The van der Waals surface area contributed by atoms with E-state index in [2.05, 4.69) is 10.6 Å². The fourth-order valence-corrected chi connectivity index (χ4v) is 1.80. The lowest BCUT2D eigenvalue weighted by Gasteiger charge is -2.16. The van der Waals surface area contributed by atoms with Crippen molar-refractivity contribution in [2.45, 2.75) is 26.4 Å². The standard InChI is InChI=1S/C15H23N3O2/c1-12(2)17-14(19)9-16-15(20)11-18(3)10-13-7-5-4-6-8-13/h4-8,12H,9-11H2,1-3H3,(H,16,20)(H,17,19). The van der Waals surface area contributed by atoms with Crippen LogP contribution >= 0.6 is 0 Å². The molecule has 0 aliphatic heterocycles. The van der Waals surface area contributed by atoms with E-state index in [4.69, 9.17) is 0 Å². The maximum absolute atomic E-state index is 11.7. The predicted octanol–water partition coefficient (Wildman–Crippen LogP) is 0.759. The average Bonchev–Trinajstić information content (AvgIpc) is 2.36. The highest BCUT2D eigenvalue weighted by atomic mass is 16.2. The third-order valence-electron chi connectivity index (χ3n) is 2.60. The summed E-state index contributed by atoms with van der Waals surface area (Å²) in [6.07, 6.45) is 0. The molecule has 20 heavy (non-hydrogen) atoms. The minimum absolute atomic E-state index is 0.0240. The van der Waals surface area contributed by atoms with Gasteiger partial charge in [-0.15, -0.1) is 0 Å². The third kappa shape index (κ3) is 6.89. The minimum atomic E-state index is -0.168. The number of carbonyl (C=O) groups is 2. The zero-order chi connectivity index (χ0) is 15.0. The Hall–Kier alpha value is -1.88. The van der Waals surface area contributed by atoms with Crippen LogP contribution in [-0.2, 0) is 16.1 Å². The van der Waals surface area contributed by atoms with Gasteiger partial charge in [0.15, 0.2) is 0 Å². The molecule has 0 aromatic heterocycles. The van der Waals surface area contributed by atoms with Gasteiger partial charge in [-0.2, -0.15) is 0 Å². The molecule has 0 aliphatic carbocycles. The zero-order valence-electron chi connectivity index (χ0n) is 12.3. The van der Waals surface area contributed by atoms with Crippen LogP contribution in [0.25, 0.3) is 0 Å². The van der Waals surface area contributed by atoms with Crippen molar-refractivity contribution in [1.29, 1.82) is 0 Å². The van der Waals surface area contributed by atoms with E-state index in [9.17, 15) is 9.59 Å². The van der Waals surface area contributed by atoms with Crippen molar-refractivity contribution in [2.24, 2.45) is 0 Å². The number of amides is 2. The first-order valence-corrected chi connectivity index (χ1v) is 6.76. The Bertz CT molecular complexity index is 432. The SMILES string of the molecule is CC(C)NC(=O)CNC(=O)CN(C)Cc1ccccc1. The third-order valence-corrected chi connectivity index (χ3v) is 2.60. The van der Waals surface area contributed by atoms with Crippen molar-refractivity contribution in [3.05, 3.63) is 35.9 Å². The molecule has 1 rings (SSSR count). The maximum Gasteiger partial charge on any atom is 0.239 e. The Morgan fingerprint density at radius 3 is 2.40 bits per heavy atom. The van der Waals surface area contributed by atoms with Gasteiger partial charge in [-0.1, -0.05) is 30.3 Å². The van der Waals surface area contributed by atoms with E-state index in [1.165, 1.54) is 0 Å². The molecular weight excluding hydrogens is 254 g/mol. The number of nitrogens with one attached hydrogen (secondary N) is 2. The van der Waals surface area contributed by atoms with Crippen molar-refractivity contribution in [2.75, 3.05) is 20.1 Å². The number of nitrogens with zero attached hydrogens (tertiary/aromatic N) is 1. The Morgan fingerprint density at radius 2 is 1.80 bits per heavy atom. The lowest BCUT2D eigenvalue weighted by Crippen LogP contribution is -2.42. The highest BCUT2D eigenvalue weighted by molar-refractivity contribution is 5.85. The average molecular weight is 277 g/mol. The summed E-state index contributed by atoms with van der Waals surface area (Å²) in [7, 11) is 1.88. The van der Waals surface area contributed by atoms with Crippen LogP contribution in [0.2, 0.25) is 0 Å². The van der Waals surface area contributed by atoms with Gasteiger partial charge < -0.3 is 10.6 Å². The highest BCUT2D eigenvalue weighted by Crippen LogP contribution is 2.01. The van der Waals surface area contributed by atoms with Crippen LogP contribution < -0.4 is 10.6 Å². The molecule has 5 heteroatoms. The van der Waals surface area contributed by atoms with Crippen LogP contribution in [0, 0.1) is 0 Å². The van der Waals surface area contributed by atoms with Crippen LogP contribution in [0.4, 0.5) is 0 Å². The first-order chi connectivity index (χ1) is 9.47. The van der Waals surface area contributed by atoms with Crippen LogP contribution in [0.3, 0.4) is 0 Å². The Morgan fingerprint density at radius 1 is 1.15 bits per heavy atom. The summed E-state index contributed by atoms with van der Waals surface area (Å²) in [5, 5.41) is 5.34. The molecule has 0 atom stereocenters. The summed E-state index contributed by atoms with van der Waals surface area (Å²) in [6, 6.07) is 10.0. The largest absolute Gasteiger partial charge is 0.352 e. The Balaban J connectivity index is 2.26. The molecule has 1 aromatic carbocycles. The monoisotopic (exact) mass is 277 g/mol. The summed E-state index contributed by atoms with van der Waals surface area (Å²) in [6.45, 7) is 4.76. The minimum Gasteiger partial charge on any atom is -0.352 e. The molecule has 110 valence electrons. The molecule has 5 nitrogen and oxygen atoms in total. The number of hydrogen-bond donors (Lipinski definition) is 2. The van der Waals surface area contributed by atoms with Gasteiger partial charge >= 0.3 is 0 Å². The molecule has 0 aliphatic rings. The topological polar surface area (TPSA) is 61.4 Å². The molecule has 2 amide bonds. The molecule has 0 radical (unpaired) electrons. The quantitative estimate of drug-likeness (QED) is 0.773. The van der Waals surface area contributed by atoms with Gasteiger partial charge in [0.2, 0.25) is 11.8 Å². The molecule has 0 heterocycles. The van der Waals surface area contributed by atoms with E-state index in [0.717, 1.165) is 5.56 Å². The summed E-state index contributed by atoms with van der Waals surface area (Å²) in [5.41, 5.74) is 1.15. The van der Waals surface area contributed by atoms with E-state index < -0.39 is 0 Å². The second-order valence-electron chi connectivity index (χ2n) is 5.16. The number of benzene rings is 1. The molecule has 2 N–H and O–H groups in total. The Labute approximate surface area is 120 Å². The second kappa shape index (κ2) is 8.32. The van der Waals surface area contributed by atoms with E-state index in [1.54, 1.807) is 0 Å². The fraction of sp³-hybridized carbons (Fsp3) is 0.467. The van der Waals surface area contributed by atoms with Gasteiger partial charge in [0.25, 0.3) is 0 Å². The molecule has 0 saturated carbocycles. The number of carbonyl (C=O) groups excluding carboxylic acids is 2. The van der Waals surface area contributed by atoms with Gasteiger partial charge in [-0.3, -0.25) is 14.5 Å². The van der Waals surface area contributed by atoms with Crippen LogP contribution in [0.1, 0.15) is 19.4 Å². The van der Waals surface area contributed by atoms with Crippen molar-refractivity contribution in [1.82, 2.24) is 15.5 Å². The number of rotatable bonds is 7. The van der Waals surface area contributed by atoms with Gasteiger partial charge in [0.1, 0.15) is 0 Å². The number of hydrogen-bond acceptors (Lipinski definition) is 3. The first-order valence-electron chi connectivity index (χ1n) is 6.76. The zero-order valence-corrected chi connectivity index (χ0v) is 12.3. The summed E-state index contributed by atoms with van der Waals surface area (Å²) >= 11 is 0. The predicted molar refractivity (Wildman–Crippen MR) is 79.1 cm³/mol. The van der Waals surface area contributed by atoms with Gasteiger partial charge in [0, 0.05) is 12.6 Å². The van der Waals surface area contributed by atoms with E-state index in [1.807, 2.05) is 56.1 Å². The molecule has 0 fully saturated rings. The highest BCUT2D eigenvalue weighted by Gasteiger charge is 2.09. The van der Waals surface area contributed by atoms with Gasteiger partial charge in [-0.05, 0) is 26.5 Å². The first kappa shape index (κ1) is 16.2. The normalized spacial score (nSPS) is 10.7. The fourth-order valence-electron chi connectivity index (χ4n) is 1.80. The summed E-state index contributed by atoms with van der Waals surface area (Å²) in [5.74, 6) is -0.318. The van der Waals surface area contributed by atoms with Crippen molar-refractivity contribution in [3.63, 3.8) is 0 Å². The lowest BCUT2D eigenvalue weighted by atomic mass is 10.2. The molecule has 0 saturated heterocycles. The van der Waals surface area contributed by atoms with E-state index in [0.29, 0.717) is 6.54 Å². The van der Waals surface area contributed by atoms with Crippen LogP contribution in [-0.4, -0.2) is 42.9 Å². The maximum atomic E-state index is 11.7. The lowest BCUT2D eigenvalue weighted by molar-refractivity contribution is -0.126. The molecule has 0 unspecified atom stereocenters. The molecule has 0 bridgehead atoms. The van der Waals surface area contributed by atoms with Crippen LogP contribution in [0.5, 0.6) is 0 Å². The molecule has 0 spiro atoms. The van der Waals surface area contributed by atoms with Crippen molar-refractivity contribution in [3.8, 4) is 0 Å². The summed E-state index contributed by atoms with van der Waals surface area (Å²) < 4.78 is 0.